The number of benzene rings is 1. The average molecular weight is 254 g/mol. The summed E-state index contributed by atoms with van der Waals surface area (Å²) in [5, 5.41) is 0. The van der Waals surface area contributed by atoms with Crippen LogP contribution in [0.25, 0.3) is 0 Å². The molecule has 0 N–H and O–H groups in total. The number of nitrogens with zero attached hydrogens (tertiary/aromatic N) is 1. The fourth-order valence-corrected chi connectivity index (χ4v) is 1.82. The normalized spacial score (nSPS) is 18.0. The second-order valence-corrected chi connectivity index (χ2v) is 3.90. The minimum Gasteiger partial charge on any atom is -0.468 e. The lowest BCUT2D eigenvalue weighted by molar-refractivity contribution is -0.140. The quantitative estimate of drug-likeness (QED) is 0.722. The second kappa shape index (κ2) is 3.53. The third kappa shape index (κ3) is 1.46. The van der Waals surface area contributed by atoms with Crippen LogP contribution in [0.1, 0.15) is 11.5 Å². The Bertz CT molecular complexity index is 415. The molecule has 4 heteroatoms. The number of hydrogen-bond donors (Lipinski definition) is 0. The third-order valence-corrected chi connectivity index (χ3v) is 2.64. The molecular formula is C10H8BrNO2. The standard InChI is InChI=1S/C10H8BrNO2/c1-14-10(13)8-5-12-9-3-2-6(11)4-7(8)9/h2-5,8H,1H3. The summed E-state index contributed by atoms with van der Waals surface area (Å²) in [5.41, 5.74) is 1.73. The zero-order valence-electron chi connectivity index (χ0n) is 7.53. The summed E-state index contributed by atoms with van der Waals surface area (Å²) in [5.74, 6) is -0.627. The van der Waals surface area contributed by atoms with E-state index in [0.29, 0.717) is 0 Å². The summed E-state index contributed by atoms with van der Waals surface area (Å²) in [6.07, 6.45) is 1.61. The van der Waals surface area contributed by atoms with Crippen LogP contribution in [0.3, 0.4) is 0 Å². The lowest BCUT2D eigenvalue weighted by atomic mass is 10.0. The minimum atomic E-state index is -0.354. The Labute approximate surface area is 89.9 Å². The van der Waals surface area contributed by atoms with Gasteiger partial charge in [-0.15, -0.1) is 0 Å². The molecule has 3 nitrogen and oxygen atoms in total. The summed E-state index contributed by atoms with van der Waals surface area (Å²) >= 11 is 3.36. The Morgan fingerprint density at radius 1 is 1.57 bits per heavy atom. The molecule has 2 rings (SSSR count). The van der Waals surface area contributed by atoms with Crippen molar-refractivity contribution >= 4 is 33.8 Å². The van der Waals surface area contributed by atoms with Gasteiger partial charge in [-0.05, 0) is 23.8 Å². The van der Waals surface area contributed by atoms with Gasteiger partial charge in [0.15, 0.2) is 0 Å². The number of carbonyl (C=O) groups is 1. The largest absolute Gasteiger partial charge is 0.468 e. The van der Waals surface area contributed by atoms with Crippen LogP contribution < -0.4 is 0 Å². The van der Waals surface area contributed by atoms with Crippen molar-refractivity contribution in [1.82, 2.24) is 0 Å². The number of fused-ring (bicyclic) bond motifs is 1. The molecule has 1 atom stereocenters. The van der Waals surface area contributed by atoms with E-state index in [4.69, 9.17) is 0 Å². The van der Waals surface area contributed by atoms with Gasteiger partial charge in [-0.2, -0.15) is 0 Å². The van der Waals surface area contributed by atoms with Gasteiger partial charge in [-0.1, -0.05) is 15.9 Å². The smallest absolute Gasteiger partial charge is 0.318 e. The van der Waals surface area contributed by atoms with Crippen molar-refractivity contribution in [2.24, 2.45) is 4.99 Å². The van der Waals surface area contributed by atoms with E-state index in [1.807, 2.05) is 18.2 Å². The molecule has 0 amide bonds. The predicted octanol–water partition coefficient (Wildman–Crippen LogP) is 2.42. The molecule has 0 saturated carbocycles. The highest BCUT2D eigenvalue weighted by atomic mass is 79.9. The first-order chi connectivity index (χ1) is 6.72. The first-order valence-corrected chi connectivity index (χ1v) is 4.93. The lowest BCUT2D eigenvalue weighted by Crippen LogP contribution is -2.12. The highest BCUT2D eigenvalue weighted by Crippen LogP contribution is 2.34. The minimum absolute atomic E-state index is 0.273. The zero-order valence-corrected chi connectivity index (χ0v) is 9.11. The maximum absolute atomic E-state index is 11.4. The van der Waals surface area contributed by atoms with Gasteiger partial charge in [0.2, 0.25) is 0 Å². The van der Waals surface area contributed by atoms with Crippen LogP contribution in [-0.4, -0.2) is 19.3 Å². The van der Waals surface area contributed by atoms with Crippen molar-refractivity contribution in [1.29, 1.82) is 0 Å². The maximum atomic E-state index is 11.4. The van der Waals surface area contributed by atoms with Crippen molar-refractivity contribution in [2.75, 3.05) is 7.11 Å². The number of methoxy groups -OCH3 is 1. The molecule has 0 aliphatic carbocycles. The SMILES string of the molecule is COC(=O)C1C=Nc2ccc(Br)cc21. The molecule has 1 heterocycles. The fourth-order valence-electron chi connectivity index (χ4n) is 1.44. The van der Waals surface area contributed by atoms with Crippen LogP contribution in [0.5, 0.6) is 0 Å². The summed E-state index contributed by atoms with van der Waals surface area (Å²) in [4.78, 5) is 15.5. The van der Waals surface area contributed by atoms with E-state index in [0.717, 1.165) is 15.7 Å². The van der Waals surface area contributed by atoms with Crippen molar-refractivity contribution < 1.29 is 9.53 Å². The number of aliphatic imine (C=N–C) groups is 1. The van der Waals surface area contributed by atoms with Crippen LogP contribution >= 0.6 is 15.9 Å². The van der Waals surface area contributed by atoms with Gasteiger partial charge in [0, 0.05) is 10.7 Å². The van der Waals surface area contributed by atoms with Crippen molar-refractivity contribution in [3.8, 4) is 0 Å². The van der Waals surface area contributed by atoms with Crippen LogP contribution in [0.2, 0.25) is 0 Å². The van der Waals surface area contributed by atoms with Gasteiger partial charge < -0.3 is 4.74 Å². The first kappa shape index (κ1) is 9.40. The summed E-state index contributed by atoms with van der Waals surface area (Å²) in [6.45, 7) is 0. The maximum Gasteiger partial charge on any atom is 0.318 e. The average Bonchev–Trinajstić information content (AvgIpc) is 2.59. The second-order valence-electron chi connectivity index (χ2n) is 2.98. The van der Waals surface area contributed by atoms with E-state index < -0.39 is 0 Å². The van der Waals surface area contributed by atoms with E-state index in [-0.39, 0.29) is 11.9 Å². The molecule has 72 valence electrons. The Morgan fingerprint density at radius 3 is 3.07 bits per heavy atom. The zero-order chi connectivity index (χ0) is 10.1. The lowest BCUT2D eigenvalue weighted by Gasteiger charge is -2.06. The fraction of sp³-hybridized carbons (Fsp3) is 0.200. The Kier molecular flexibility index (Phi) is 2.37. The molecule has 1 aliphatic heterocycles. The van der Waals surface area contributed by atoms with Gasteiger partial charge >= 0.3 is 5.97 Å². The van der Waals surface area contributed by atoms with Gasteiger partial charge in [-0.25, -0.2) is 0 Å². The van der Waals surface area contributed by atoms with E-state index in [1.165, 1.54) is 7.11 Å². The number of hydrogen-bond acceptors (Lipinski definition) is 3. The van der Waals surface area contributed by atoms with Gasteiger partial charge in [0.25, 0.3) is 0 Å². The van der Waals surface area contributed by atoms with Gasteiger partial charge in [-0.3, -0.25) is 9.79 Å². The van der Waals surface area contributed by atoms with Crippen molar-refractivity contribution in [3.63, 3.8) is 0 Å². The number of ether oxygens (including phenoxy) is 1. The predicted molar refractivity (Wildman–Crippen MR) is 57.1 cm³/mol. The number of rotatable bonds is 1. The van der Waals surface area contributed by atoms with E-state index in [9.17, 15) is 4.79 Å². The summed E-state index contributed by atoms with van der Waals surface area (Å²) in [6, 6.07) is 5.67. The molecule has 0 bridgehead atoms. The third-order valence-electron chi connectivity index (χ3n) is 2.14. The van der Waals surface area contributed by atoms with Crippen LogP contribution in [-0.2, 0) is 9.53 Å². The molecular weight excluding hydrogens is 246 g/mol. The molecule has 14 heavy (non-hydrogen) atoms. The molecule has 0 spiro atoms. The molecule has 1 unspecified atom stereocenters. The molecule has 1 aromatic carbocycles. The Balaban J connectivity index is 2.42. The van der Waals surface area contributed by atoms with E-state index in [2.05, 4.69) is 25.7 Å². The molecule has 0 aromatic heterocycles. The highest BCUT2D eigenvalue weighted by molar-refractivity contribution is 9.10. The van der Waals surface area contributed by atoms with E-state index in [1.54, 1.807) is 6.21 Å². The van der Waals surface area contributed by atoms with E-state index >= 15 is 0 Å². The Hall–Kier alpha value is -1.16. The molecule has 0 radical (unpaired) electrons. The van der Waals surface area contributed by atoms with Crippen LogP contribution in [0.15, 0.2) is 27.7 Å². The number of carbonyl (C=O) groups excluding carboxylic acids is 1. The number of halogens is 1. The first-order valence-electron chi connectivity index (χ1n) is 4.14. The highest BCUT2D eigenvalue weighted by Gasteiger charge is 2.26. The monoisotopic (exact) mass is 253 g/mol. The summed E-state index contributed by atoms with van der Waals surface area (Å²) < 4.78 is 5.63. The topological polar surface area (TPSA) is 38.7 Å². The van der Waals surface area contributed by atoms with Crippen LogP contribution in [0, 0.1) is 0 Å². The van der Waals surface area contributed by atoms with Crippen molar-refractivity contribution in [2.45, 2.75) is 5.92 Å². The molecule has 0 fully saturated rings. The van der Waals surface area contributed by atoms with Crippen molar-refractivity contribution in [3.05, 3.63) is 28.2 Å². The van der Waals surface area contributed by atoms with Crippen LogP contribution in [0.4, 0.5) is 5.69 Å². The molecule has 0 saturated heterocycles. The molecule has 1 aromatic rings. The summed E-state index contributed by atoms with van der Waals surface area (Å²) in [7, 11) is 1.38. The Morgan fingerprint density at radius 2 is 2.36 bits per heavy atom. The molecule has 1 aliphatic rings. The van der Waals surface area contributed by atoms with Gasteiger partial charge in [0.05, 0.1) is 12.8 Å². The number of esters is 1. The van der Waals surface area contributed by atoms with Gasteiger partial charge in [0.1, 0.15) is 5.92 Å².